The van der Waals surface area contributed by atoms with E-state index in [1.54, 1.807) is 24.6 Å². The molecule has 2 rings (SSSR count). The molecule has 0 aliphatic heterocycles. The van der Waals surface area contributed by atoms with Gasteiger partial charge in [0.1, 0.15) is 11.6 Å². The third-order valence-corrected chi connectivity index (χ3v) is 7.38. The molecule has 7 heteroatoms. The quantitative estimate of drug-likeness (QED) is 0.197. The summed E-state index contributed by atoms with van der Waals surface area (Å²) in [5, 5.41) is 1.74. The topological polar surface area (TPSA) is 33.2 Å². The minimum atomic E-state index is -0.441. The number of hydrogen-bond donors (Lipinski definition) is 0. The molecular formula is C30H37ClF2N2OS. The maximum Gasteiger partial charge on any atom is 0.251 e. The molecule has 0 bridgehead atoms. The van der Waals surface area contributed by atoms with Crippen LogP contribution in [0.5, 0.6) is 0 Å². The van der Waals surface area contributed by atoms with E-state index in [2.05, 4.69) is 11.9 Å². The number of aryl methyl sites for hydroxylation is 1. The largest absolute Gasteiger partial charge is 0.332 e. The SMILES string of the molecule is CC\C=C(F)/C(=C/SC)C(/Cl)=C(\C)C(=O)N(Cc1cc(-c2ccncc2F)ccc1CC)C(CC)CC. The molecule has 200 valence electrons. The molecule has 0 aliphatic carbocycles. The van der Waals surface area contributed by atoms with E-state index in [1.165, 1.54) is 24.0 Å². The van der Waals surface area contributed by atoms with E-state index in [0.717, 1.165) is 36.0 Å². The molecule has 1 aromatic carbocycles. The van der Waals surface area contributed by atoms with Crippen molar-refractivity contribution in [3.05, 3.63) is 87.1 Å². The van der Waals surface area contributed by atoms with Crippen LogP contribution >= 0.6 is 23.4 Å². The van der Waals surface area contributed by atoms with Crippen LogP contribution in [0.1, 0.15) is 65.0 Å². The number of nitrogens with zero attached hydrogens (tertiary/aromatic N) is 2. The van der Waals surface area contributed by atoms with E-state index in [-0.39, 0.29) is 22.6 Å². The zero-order chi connectivity index (χ0) is 27.5. The van der Waals surface area contributed by atoms with Crippen molar-refractivity contribution in [1.29, 1.82) is 0 Å². The highest BCUT2D eigenvalue weighted by atomic mass is 35.5. The van der Waals surface area contributed by atoms with Crippen LogP contribution in [0.25, 0.3) is 11.1 Å². The highest BCUT2D eigenvalue weighted by Gasteiger charge is 2.26. The lowest BCUT2D eigenvalue weighted by molar-refractivity contribution is -0.130. The monoisotopic (exact) mass is 546 g/mol. The van der Waals surface area contributed by atoms with Gasteiger partial charge >= 0.3 is 0 Å². The van der Waals surface area contributed by atoms with E-state index in [9.17, 15) is 13.6 Å². The maximum atomic E-state index is 14.8. The van der Waals surface area contributed by atoms with Gasteiger partial charge in [-0.1, -0.05) is 51.4 Å². The molecule has 1 aromatic heterocycles. The number of hydrogen-bond acceptors (Lipinski definition) is 3. The fourth-order valence-electron chi connectivity index (χ4n) is 4.31. The van der Waals surface area contributed by atoms with Gasteiger partial charge in [0.2, 0.25) is 0 Å². The van der Waals surface area contributed by atoms with Gasteiger partial charge in [-0.25, -0.2) is 8.78 Å². The molecule has 0 atom stereocenters. The normalized spacial score (nSPS) is 13.1. The van der Waals surface area contributed by atoms with E-state index in [4.69, 9.17) is 11.6 Å². The first-order valence-electron chi connectivity index (χ1n) is 12.7. The van der Waals surface area contributed by atoms with E-state index >= 15 is 0 Å². The van der Waals surface area contributed by atoms with Crippen LogP contribution in [0, 0.1) is 5.82 Å². The lowest BCUT2D eigenvalue weighted by Gasteiger charge is -2.32. The Balaban J connectivity index is 2.59. The Hall–Kier alpha value is -2.44. The third-order valence-electron chi connectivity index (χ3n) is 6.42. The van der Waals surface area contributed by atoms with Gasteiger partial charge < -0.3 is 4.90 Å². The summed E-state index contributed by atoms with van der Waals surface area (Å²) in [7, 11) is 0. The Kier molecular flexibility index (Phi) is 12.6. The number of amides is 1. The minimum Gasteiger partial charge on any atom is -0.332 e. The maximum absolute atomic E-state index is 14.8. The smallest absolute Gasteiger partial charge is 0.251 e. The molecular weight excluding hydrogens is 510 g/mol. The first-order valence-corrected chi connectivity index (χ1v) is 14.4. The zero-order valence-corrected chi connectivity index (χ0v) is 24.1. The molecule has 0 aliphatic rings. The van der Waals surface area contributed by atoms with Gasteiger partial charge in [-0.15, -0.1) is 11.8 Å². The summed E-state index contributed by atoms with van der Waals surface area (Å²) in [6, 6.07) is 7.44. The minimum absolute atomic E-state index is 0.0399. The Morgan fingerprint density at radius 3 is 2.43 bits per heavy atom. The first-order chi connectivity index (χ1) is 17.7. The molecule has 1 amide bonds. The van der Waals surface area contributed by atoms with Crippen molar-refractivity contribution in [3.8, 4) is 11.1 Å². The molecule has 37 heavy (non-hydrogen) atoms. The summed E-state index contributed by atoms with van der Waals surface area (Å²) in [5.74, 6) is -1.08. The molecule has 0 saturated heterocycles. The molecule has 0 fully saturated rings. The van der Waals surface area contributed by atoms with Crippen molar-refractivity contribution in [2.45, 2.75) is 72.9 Å². The van der Waals surface area contributed by atoms with Gasteiger partial charge in [0, 0.05) is 35.5 Å². The number of carbonyl (C=O) groups is 1. The van der Waals surface area contributed by atoms with E-state index < -0.39 is 11.6 Å². The number of carbonyl (C=O) groups excluding carboxylic acids is 1. The number of allylic oxidation sites excluding steroid dienone is 4. The third kappa shape index (κ3) is 7.78. The lowest BCUT2D eigenvalue weighted by atomic mass is 9.96. The number of benzene rings is 1. The molecule has 2 aromatic rings. The average Bonchev–Trinajstić information content (AvgIpc) is 2.90. The van der Waals surface area contributed by atoms with Gasteiger partial charge in [-0.05, 0) is 79.2 Å². The Bertz CT molecular complexity index is 1170. The van der Waals surface area contributed by atoms with Crippen molar-refractivity contribution < 1.29 is 13.6 Å². The number of pyridine rings is 1. The second-order valence-corrected chi connectivity index (χ2v) is 9.85. The van der Waals surface area contributed by atoms with Gasteiger partial charge in [0.05, 0.1) is 11.2 Å². The highest BCUT2D eigenvalue weighted by molar-refractivity contribution is 8.01. The van der Waals surface area contributed by atoms with Crippen LogP contribution < -0.4 is 0 Å². The summed E-state index contributed by atoms with van der Waals surface area (Å²) in [6.07, 6.45) is 8.83. The number of aromatic nitrogens is 1. The van der Waals surface area contributed by atoms with Crippen molar-refractivity contribution in [1.82, 2.24) is 9.88 Å². The van der Waals surface area contributed by atoms with Crippen LogP contribution in [0.3, 0.4) is 0 Å². The zero-order valence-electron chi connectivity index (χ0n) is 22.6. The van der Waals surface area contributed by atoms with Crippen LogP contribution in [0.2, 0.25) is 0 Å². The second kappa shape index (κ2) is 15.1. The van der Waals surface area contributed by atoms with Gasteiger partial charge in [-0.3, -0.25) is 9.78 Å². The van der Waals surface area contributed by atoms with E-state index in [0.29, 0.717) is 24.1 Å². The summed E-state index contributed by atoms with van der Waals surface area (Å²) < 4.78 is 29.3. The van der Waals surface area contributed by atoms with Gasteiger partial charge in [-0.2, -0.15) is 0 Å². The van der Waals surface area contributed by atoms with Crippen molar-refractivity contribution in [3.63, 3.8) is 0 Å². The summed E-state index contributed by atoms with van der Waals surface area (Å²) in [6.45, 7) is 9.97. The molecule has 0 unspecified atom stereocenters. The highest BCUT2D eigenvalue weighted by Crippen LogP contribution is 2.32. The summed E-state index contributed by atoms with van der Waals surface area (Å²) in [5.41, 5.74) is 3.72. The van der Waals surface area contributed by atoms with Crippen LogP contribution in [-0.2, 0) is 17.8 Å². The molecule has 0 N–H and O–H groups in total. The molecule has 0 saturated carbocycles. The average molecular weight is 547 g/mol. The van der Waals surface area contributed by atoms with Crippen molar-refractivity contribution >= 4 is 29.3 Å². The predicted molar refractivity (Wildman–Crippen MR) is 154 cm³/mol. The van der Waals surface area contributed by atoms with Crippen LogP contribution in [0.4, 0.5) is 8.78 Å². The lowest BCUT2D eigenvalue weighted by Crippen LogP contribution is -2.40. The predicted octanol–water partition coefficient (Wildman–Crippen LogP) is 8.99. The van der Waals surface area contributed by atoms with Crippen LogP contribution in [0.15, 0.2) is 70.1 Å². The molecule has 0 spiro atoms. The Labute approximate surface area is 229 Å². The first kappa shape index (κ1) is 30.8. The number of thioether (sulfide) groups is 1. The van der Waals surface area contributed by atoms with Gasteiger partial charge in [0.15, 0.2) is 0 Å². The Morgan fingerprint density at radius 2 is 1.86 bits per heavy atom. The number of rotatable bonds is 12. The summed E-state index contributed by atoms with van der Waals surface area (Å²) >= 11 is 7.97. The molecule has 0 radical (unpaired) electrons. The summed E-state index contributed by atoms with van der Waals surface area (Å²) in [4.78, 5) is 19.6. The fraction of sp³-hybridized carbons (Fsp3) is 0.400. The number of halogens is 3. The Morgan fingerprint density at radius 1 is 1.16 bits per heavy atom. The van der Waals surface area contributed by atoms with Crippen molar-refractivity contribution in [2.24, 2.45) is 0 Å². The van der Waals surface area contributed by atoms with Crippen LogP contribution in [-0.4, -0.2) is 28.1 Å². The van der Waals surface area contributed by atoms with E-state index in [1.807, 2.05) is 50.1 Å². The fourth-order valence-corrected chi connectivity index (χ4v) is 5.06. The van der Waals surface area contributed by atoms with Gasteiger partial charge in [0.25, 0.3) is 5.91 Å². The standard InChI is InChI=1S/C30H37ClF2N2OS/c1-7-11-27(32)26(19-37-6)29(31)20(5)30(36)35(24(9-3)10-4)18-23-16-22(13-12-21(23)8-2)25-14-15-34-17-28(25)33/h11-17,19,24H,7-10,18H2,1-6H3/b26-19-,27-11+,29-20-. The molecule has 1 heterocycles. The second-order valence-electron chi connectivity index (χ2n) is 8.76. The van der Waals surface area contributed by atoms with Crippen molar-refractivity contribution in [2.75, 3.05) is 6.26 Å². The molecule has 3 nitrogen and oxygen atoms in total.